The molecule has 3 aromatic rings. The fraction of sp³-hybridized carbons (Fsp3) is 0.286. The van der Waals surface area contributed by atoms with Gasteiger partial charge in [-0.3, -0.25) is 0 Å². The number of aromatic nitrogens is 1. The SMILES string of the molecule is CCOc1ccc(S(=O)(=O)N(C)Cc2nc(-c3ccccc3C)oc2C)cc1. The predicted molar refractivity (Wildman–Crippen MR) is 108 cm³/mol. The summed E-state index contributed by atoms with van der Waals surface area (Å²) < 4.78 is 38.2. The molecule has 0 saturated heterocycles. The Morgan fingerprint density at radius 2 is 1.75 bits per heavy atom. The summed E-state index contributed by atoms with van der Waals surface area (Å²) in [6.45, 7) is 6.31. The minimum Gasteiger partial charge on any atom is -0.494 e. The molecule has 0 radical (unpaired) electrons. The first kappa shape index (κ1) is 20.1. The first-order valence-electron chi connectivity index (χ1n) is 9.04. The Labute approximate surface area is 165 Å². The molecule has 0 aliphatic rings. The zero-order chi connectivity index (χ0) is 20.3. The topological polar surface area (TPSA) is 72.6 Å². The normalized spacial score (nSPS) is 11.8. The largest absolute Gasteiger partial charge is 0.494 e. The van der Waals surface area contributed by atoms with Gasteiger partial charge in [0.25, 0.3) is 0 Å². The molecule has 0 aliphatic carbocycles. The molecule has 2 aromatic carbocycles. The van der Waals surface area contributed by atoms with Gasteiger partial charge in [-0.15, -0.1) is 0 Å². The number of nitrogens with zero attached hydrogens (tertiary/aromatic N) is 2. The van der Waals surface area contributed by atoms with Crippen LogP contribution in [0, 0.1) is 13.8 Å². The van der Waals surface area contributed by atoms with E-state index in [2.05, 4.69) is 4.98 Å². The van der Waals surface area contributed by atoms with E-state index in [1.165, 1.54) is 11.4 Å². The number of oxazole rings is 1. The average Bonchev–Trinajstić information content (AvgIpc) is 3.03. The van der Waals surface area contributed by atoms with Gasteiger partial charge < -0.3 is 9.15 Å². The van der Waals surface area contributed by atoms with Gasteiger partial charge in [0.15, 0.2) is 0 Å². The molecular weight excluding hydrogens is 376 g/mol. The smallest absolute Gasteiger partial charge is 0.243 e. The molecule has 0 spiro atoms. The number of hydrogen-bond donors (Lipinski definition) is 0. The van der Waals surface area contributed by atoms with Crippen LogP contribution in [0.2, 0.25) is 0 Å². The van der Waals surface area contributed by atoms with E-state index in [1.54, 1.807) is 31.2 Å². The van der Waals surface area contributed by atoms with Crippen LogP contribution >= 0.6 is 0 Å². The summed E-state index contributed by atoms with van der Waals surface area (Å²) in [5.74, 6) is 1.74. The second-order valence-electron chi connectivity index (χ2n) is 6.50. The zero-order valence-corrected chi connectivity index (χ0v) is 17.3. The summed E-state index contributed by atoms with van der Waals surface area (Å²) >= 11 is 0. The summed E-state index contributed by atoms with van der Waals surface area (Å²) in [7, 11) is -2.12. The molecule has 3 rings (SSSR count). The van der Waals surface area contributed by atoms with E-state index in [1.807, 2.05) is 38.1 Å². The number of hydrogen-bond acceptors (Lipinski definition) is 5. The zero-order valence-electron chi connectivity index (χ0n) is 16.5. The van der Waals surface area contributed by atoms with Crippen molar-refractivity contribution in [3.63, 3.8) is 0 Å². The molecule has 0 aliphatic heterocycles. The Balaban J connectivity index is 1.82. The molecule has 0 atom stereocenters. The molecule has 1 aromatic heterocycles. The van der Waals surface area contributed by atoms with Gasteiger partial charge in [0, 0.05) is 12.6 Å². The Hall–Kier alpha value is -2.64. The van der Waals surface area contributed by atoms with Gasteiger partial charge >= 0.3 is 0 Å². The summed E-state index contributed by atoms with van der Waals surface area (Å²) in [4.78, 5) is 4.74. The van der Waals surface area contributed by atoms with Crippen molar-refractivity contribution in [3.05, 3.63) is 65.5 Å². The van der Waals surface area contributed by atoms with Gasteiger partial charge in [-0.2, -0.15) is 4.31 Å². The second-order valence-corrected chi connectivity index (χ2v) is 8.55. The molecule has 0 amide bonds. The van der Waals surface area contributed by atoms with Crippen LogP contribution < -0.4 is 4.74 Å². The molecule has 0 unspecified atom stereocenters. The van der Waals surface area contributed by atoms with Crippen LogP contribution in [0.15, 0.2) is 57.8 Å². The minimum absolute atomic E-state index is 0.122. The third-order valence-electron chi connectivity index (χ3n) is 4.48. The van der Waals surface area contributed by atoms with Crippen LogP contribution in [0.4, 0.5) is 0 Å². The maximum atomic E-state index is 12.9. The van der Waals surface area contributed by atoms with Crippen molar-refractivity contribution in [2.75, 3.05) is 13.7 Å². The Morgan fingerprint density at radius 3 is 2.39 bits per heavy atom. The maximum absolute atomic E-state index is 12.9. The Bertz CT molecular complexity index is 1060. The van der Waals surface area contributed by atoms with Gasteiger partial charge in [0.1, 0.15) is 11.5 Å². The summed E-state index contributed by atoms with van der Waals surface area (Å²) in [5.41, 5.74) is 2.54. The molecule has 28 heavy (non-hydrogen) atoms. The quantitative estimate of drug-likeness (QED) is 0.595. The third-order valence-corrected chi connectivity index (χ3v) is 6.30. The Morgan fingerprint density at radius 1 is 1.07 bits per heavy atom. The van der Waals surface area contributed by atoms with E-state index in [-0.39, 0.29) is 11.4 Å². The third kappa shape index (κ3) is 4.10. The van der Waals surface area contributed by atoms with Crippen LogP contribution in [0.5, 0.6) is 5.75 Å². The molecular formula is C21H24N2O4S. The highest BCUT2D eigenvalue weighted by Gasteiger charge is 2.24. The number of ether oxygens (including phenoxy) is 1. The fourth-order valence-corrected chi connectivity index (χ4v) is 3.99. The molecule has 0 saturated carbocycles. The van der Waals surface area contributed by atoms with Crippen molar-refractivity contribution in [1.29, 1.82) is 0 Å². The molecule has 7 heteroatoms. The Kier molecular flexibility index (Phi) is 5.86. The van der Waals surface area contributed by atoms with E-state index in [0.29, 0.717) is 29.7 Å². The van der Waals surface area contributed by atoms with Crippen LogP contribution in [-0.2, 0) is 16.6 Å². The van der Waals surface area contributed by atoms with E-state index in [0.717, 1.165) is 11.1 Å². The van der Waals surface area contributed by atoms with Crippen molar-refractivity contribution in [3.8, 4) is 17.2 Å². The van der Waals surface area contributed by atoms with Crippen molar-refractivity contribution in [1.82, 2.24) is 9.29 Å². The highest BCUT2D eigenvalue weighted by atomic mass is 32.2. The van der Waals surface area contributed by atoms with E-state index in [4.69, 9.17) is 9.15 Å². The first-order valence-corrected chi connectivity index (χ1v) is 10.5. The molecule has 148 valence electrons. The van der Waals surface area contributed by atoms with Crippen LogP contribution in [0.3, 0.4) is 0 Å². The lowest BCUT2D eigenvalue weighted by Crippen LogP contribution is -2.27. The van der Waals surface area contributed by atoms with Gasteiger partial charge in [-0.25, -0.2) is 13.4 Å². The number of benzene rings is 2. The minimum atomic E-state index is -3.65. The van der Waals surface area contributed by atoms with Crippen molar-refractivity contribution >= 4 is 10.0 Å². The van der Waals surface area contributed by atoms with E-state index >= 15 is 0 Å². The molecule has 6 nitrogen and oxygen atoms in total. The average molecular weight is 401 g/mol. The monoisotopic (exact) mass is 400 g/mol. The summed E-state index contributed by atoms with van der Waals surface area (Å²) in [6.07, 6.45) is 0. The molecule has 0 fully saturated rings. The lowest BCUT2D eigenvalue weighted by Gasteiger charge is -2.16. The standard InChI is InChI=1S/C21H24N2O4S/c1-5-26-17-10-12-18(13-11-17)28(24,25)23(4)14-20-16(3)27-21(22-20)19-9-7-6-8-15(19)2/h6-13H,5,14H2,1-4H3. The highest BCUT2D eigenvalue weighted by molar-refractivity contribution is 7.89. The maximum Gasteiger partial charge on any atom is 0.243 e. The lowest BCUT2D eigenvalue weighted by molar-refractivity contribution is 0.340. The number of aryl methyl sites for hydroxylation is 2. The summed E-state index contributed by atoms with van der Waals surface area (Å²) in [6, 6.07) is 14.2. The predicted octanol–water partition coefficient (Wildman–Crippen LogP) is 4.18. The van der Waals surface area contributed by atoms with E-state index < -0.39 is 10.0 Å². The van der Waals surface area contributed by atoms with Gasteiger partial charge in [0.05, 0.1) is 23.7 Å². The van der Waals surface area contributed by atoms with Crippen molar-refractivity contribution in [2.24, 2.45) is 0 Å². The first-order chi connectivity index (χ1) is 13.3. The molecule has 1 heterocycles. The lowest BCUT2D eigenvalue weighted by atomic mass is 10.1. The number of sulfonamides is 1. The highest BCUT2D eigenvalue weighted by Crippen LogP contribution is 2.26. The van der Waals surface area contributed by atoms with Crippen LogP contribution in [0.1, 0.15) is 23.9 Å². The van der Waals surface area contributed by atoms with Crippen LogP contribution in [-0.4, -0.2) is 31.4 Å². The van der Waals surface area contributed by atoms with Crippen molar-refractivity contribution in [2.45, 2.75) is 32.2 Å². The number of rotatable bonds is 7. The molecule has 0 N–H and O–H groups in total. The van der Waals surface area contributed by atoms with E-state index in [9.17, 15) is 8.42 Å². The van der Waals surface area contributed by atoms with Gasteiger partial charge in [-0.1, -0.05) is 18.2 Å². The van der Waals surface area contributed by atoms with Crippen LogP contribution in [0.25, 0.3) is 11.5 Å². The fourth-order valence-electron chi connectivity index (χ4n) is 2.85. The second kappa shape index (κ2) is 8.16. The van der Waals surface area contributed by atoms with Crippen molar-refractivity contribution < 1.29 is 17.6 Å². The molecule has 0 bridgehead atoms. The van der Waals surface area contributed by atoms with Gasteiger partial charge in [-0.05, 0) is 56.7 Å². The van der Waals surface area contributed by atoms with Gasteiger partial charge in [0.2, 0.25) is 15.9 Å². The summed E-state index contributed by atoms with van der Waals surface area (Å²) in [5, 5.41) is 0.